The van der Waals surface area contributed by atoms with E-state index in [-0.39, 0.29) is 5.91 Å². The standard InChI is InChI=1S/C18H20BrNO/c1-20(12-13-9-16(19)10-13)18(21)11-15-7-4-6-14-5-2-3-8-17(14)15/h2-8,13,16H,9-12H2,1H3. The Kier molecular flexibility index (Phi) is 4.29. The predicted molar refractivity (Wildman–Crippen MR) is 90.7 cm³/mol. The topological polar surface area (TPSA) is 20.3 Å². The van der Waals surface area contributed by atoms with Gasteiger partial charge in [0.15, 0.2) is 0 Å². The summed E-state index contributed by atoms with van der Waals surface area (Å²) in [6.07, 6.45) is 2.86. The highest BCUT2D eigenvalue weighted by Crippen LogP contribution is 2.33. The third kappa shape index (κ3) is 3.29. The monoisotopic (exact) mass is 345 g/mol. The van der Waals surface area contributed by atoms with Crippen molar-refractivity contribution in [2.24, 2.45) is 5.92 Å². The first-order valence-corrected chi connectivity index (χ1v) is 8.39. The molecular formula is C18H20BrNO. The lowest BCUT2D eigenvalue weighted by Gasteiger charge is -2.34. The SMILES string of the molecule is CN(CC1CC(Br)C1)C(=O)Cc1cccc2ccccc12. The molecule has 2 aromatic carbocycles. The summed E-state index contributed by atoms with van der Waals surface area (Å²) in [7, 11) is 1.93. The number of rotatable bonds is 4. The minimum absolute atomic E-state index is 0.212. The van der Waals surface area contributed by atoms with Gasteiger partial charge in [0.2, 0.25) is 5.91 Å². The van der Waals surface area contributed by atoms with Crippen LogP contribution in [-0.4, -0.2) is 29.2 Å². The molecule has 0 aromatic heterocycles. The molecule has 0 saturated heterocycles. The Morgan fingerprint density at radius 2 is 1.90 bits per heavy atom. The third-order valence-electron chi connectivity index (χ3n) is 4.36. The molecule has 0 bridgehead atoms. The first-order chi connectivity index (χ1) is 10.1. The Labute approximate surface area is 134 Å². The number of carbonyl (C=O) groups excluding carboxylic acids is 1. The fourth-order valence-electron chi connectivity index (χ4n) is 3.04. The lowest BCUT2D eigenvalue weighted by Crippen LogP contribution is -2.38. The van der Waals surface area contributed by atoms with Crippen LogP contribution in [0.3, 0.4) is 0 Å². The van der Waals surface area contributed by atoms with Crippen LogP contribution in [0.5, 0.6) is 0 Å². The maximum absolute atomic E-state index is 12.4. The highest BCUT2D eigenvalue weighted by Gasteiger charge is 2.28. The molecule has 0 heterocycles. The van der Waals surface area contributed by atoms with Crippen LogP contribution in [0.4, 0.5) is 0 Å². The quantitative estimate of drug-likeness (QED) is 0.766. The maximum atomic E-state index is 12.4. The first kappa shape index (κ1) is 14.6. The minimum atomic E-state index is 0.212. The van der Waals surface area contributed by atoms with Crippen LogP contribution in [0.2, 0.25) is 0 Å². The van der Waals surface area contributed by atoms with Crippen molar-refractivity contribution in [3.05, 3.63) is 48.0 Å². The molecule has 0 N–H and O–H groups in total. The molecule has 1 saturated carbocycles. The van der Waals surface area contributed by atoms with Crippen molar-refractivity contribution in [3.63, 3.8) is 0 Å². The highest BCUT2D eigenvalue weighted by atomic mass is 79.9. The average Bonchev–Trinajstić information content (AvgIpc) is 2.46. The largest absolute Gasteiger partial charge is 0.345 e. The molecule has 0 spiro atoms. The van der Waals surface area contributed by atoms with Gasteiger partial charge in [-0.2, -0.15) is 0 Å². The molecule has 110 valence electrons. The fraction of sp³-hybridized carbons (Fsp3) is 0.389. The molecular weight excluding hydrogens is 326 g/mol. The zero-order valence-electron chi connectivity index (χ0n) is 12.3. The zero-order valence-corrected chi connectivity index (χ0v) is 13.8. The number of hydrogen-bond donors (Lipinski definition) is 0. The molecule has 0 radical (unpaired) electrons. The Morgan fingerprint density at radius 3 is 2.67 bits per heavy atom. The summed E-state index contributed by atoms with van der Waals surface area (Å²) in [6.45, 7) is 0.881. The van der Waals surface area contributed by atoms with Crippen molar-refractivity contribution in [2.45, 2.75) is 24.1 Å². The van der Waals surface area contributed by atoms with Gasteiger partial charge >= 0.3 is 0 Å². The van der Waals surface area contributed by atoms with Crippen molar-refractivity contribution in [2.75, 3.05) is 13.6 Å². The number of nitrogens with zero attached hydrogens (tertiary/aromatic N) is 1. The highest BCUT2D eigenvalue weighted by molar-refractivity contribution is 9.09. The molecule has 3 heteroatoms. The van der Waals surface area contributed by atoms with Gasteiger partial charge in [-0.1, -0.05) is 58.4 Å². The van der Waals surface area contributed by atoms with Crippen molar-refractivity contribution in [1.29, 1.82) is 0 Å². The van der Waals surface area contributed by atoms with E-state index in [1.54, 1.807) is 0 Å². The van der Waals surface area contributed by atoms with E-state index in [4.69, 9.17) is 0 Å². The summed E-state index contributed by atoms with van der Waals surface area (Å²) < 4.78 is 0. The van der Waals surface area contributed by atoms with Crippen molar-refractivity contribution in [1.82, 2.24) is 4.90 Å². The van der Waals surface area contributed by atoms with Gasteiger partial charge in [-0.3, -0.25) is 4.79 Å². The second kappa shape index (κ2) is 6.18. The number of benzene rings is 2. The molecule has 1 amide bonds. The van der Waals surface area contributed by atoms with Crippen molar-refractivity contribution in [3.8, 4) is 0 Å². The third-order valence-corrected chi connectivity index (χ3v) is 5.11. The van der Waals surface area contributed by atoms with Gasteiger partial charge in [0.1, 0.15) is 0 Å². The van der Waals surface area contributed by atoms with Crippen LogP contribution >= 0.6 is 15.9 Å². The van der Waals surface area contributed by atoms with E-state index in [2.05, 4.69) is 40.2 Å². The predicted octanol–water partition coefficient (Wildman–Crippen LogP) is 4.01. The Balaban J connectivity index is 1.68. The van der Waals surface area contributed by atoms with E-state index in [9.17, 15) is 4.79 Å². The first-order valence-electron chi connectivity index (χ1n) is 7.48. The van der Waals surface area contributed by atoms with Gasteiger partial charge in [-0.15, -0.1) is 0 Å². The molecule has 0 aliphatic heterocycles. The second-order valence-electron chi connectivity index (χ2n) is 6.02. The number of carbonyl (C=O) groups is 1. The molecule has 3 rings (SSSR count). The molecule has 2 nitrogen and oxygen atoms in total. The van der Waals surface area contributed by atoms with Gasteiger partial charge in [0, 0.05) is 18.4 Å². The summed E-state index contributed by atoms with van der Waals surface area (Å²) in [5.41, 5.74) is 1.12. The van der Waals surface area contributed by atoms with E-state index in [0.717, 1.165) is 12.1 Å². The van der Waals surface area contributed by atoms with Crippen LogP contribution in [0.15, 0.2) is 42.5 Å². The zero-order chi connectivity index (χ0) is 14.8. The number of likely N-dealkylation sites (N-methyl/N-ethyl adjacent to an activating group) is 1. The number of hydrogen-bond acceptors (Lipinski definition) is 1. The Hall–Kier alpha value is -1.35. The minimum Gasteiger partial charge on any atom is -0.345 e. The summed E-state index contributed by atoms with van der Waals surface area (Å²) in [6, 6.07) is 14.4. The van der Waals surface area contributed by atoms with Gasteiger partial charge in [0.25, 0.3) is 0 Å². The Bertz CT molecular complexity index is 643. The second-order valence-corrected chi connectivity index (χ2v) is 7.32. The van der Waals surface area contributed by atoms with Crippen molar-refractivity contribution < 1.29 is 4.79 Å². The van der Waals surface area contributed by atoms with E-state index in [1.807, 2.05) is 30.1 Å². The van der Waals surface area contributed by atoms with Crippen LogP contribution < -0.4 is 0 Å². The van der Waals surface area contributed by atoms with E-state index in [1.165, 1.54) is 23.6 Å². The normalized spacial score (nSPS) is 21.0. The van der Waals surface area contributed by atoms with Crippen LogP contribution in [0.1, 0.15) is 18.4 Å². The molecule has 1 aliphatic rings. The van der Waals surface area contributed by atoms with Crippen LogP contribution in [0, 0.1) is 5.92 Å². The van der Waals surface area contributed by atoms with Gasteiger partial charge < -0.3 is 4.90 Å². The molecule has 2 aromatic rings. The Morgan fingerprint density at radius 1 is 1.19 bits per heavy atom. The van der Waals surface area contributed by atoms with Crippen LogP contribution in [0.25, 0.3) is 10.8 Å². The summed E-state index contributed by atoms with van der Waals surface area (Å²) in [4.78, 5) is 15.0. The van der Waals surface area contributed by atoms with Crippen molar-refractivity contribution >= 4 is 32.6 Å². The molecule has 1 aliphatic carbocycles. The summed E-state index contributed by atoms with van der Waals surface area (Å²) >= 11 is 3.60. The van der Waals surface area contributed by atoms with Gasteiger partial charge in [-0.05, 0) is 35.1 Å². The number of fused-ring (bicyclic) bond motifs is 1. The summed E-state index contributed by atoms with van der Waals surface area (Å²) in [5, 5.41) is 2.39. The summed E-state index contributed by atoms with van der Waals surface area (Å²) in [5.74, 6) is 0.875. The van der Waals surface area contributed by atoms with Gasteiger partial charge in [0.05, 0.1) is 6.42 Å². The molecule has 0 unspecified atom stereocenters. The lowest BCUT2D eigenvalue weighted by atomic mass is 9.85. The maximum Gasteiger partial charge on any atom is 0.226 e. The van der Waals surface area contributed by atoms with Gasteiger partial charge in [-0.25, -0.2) is 0 Å². The van der Waals surface area contributed by atoms with E-state index < -0.39 is 0 Å². The van der Waals surface area contributed by atoms with E-state index >= 15 is 0 Å². The number of halogens is 1. The lowest BCUT2D eigenvalue weighted by molar-refractivity contribution is -0.130. The average molecular weight is 346 g/mol. The smallest absolute Gasteiger partial charge is 0.226 e. The van der Waals surface area contributed by atoms with E-state index in [0.29, 0.717) is 17.2 Å². The molecule has 1 fully saturated rings. The van der Waals surface area contributed by atoms with Crippen LogP contribution in [-0.2, 0) is 11.2 Å². The fourth-order valence-corrected chi connectivity index (χ4v) is 4.09. The number of amides is 1. The number of alkyl halides is 1. The molecule has 21 heavy (non-hydrogen) atoms. The molecule has 0 atom stereocenters.